The molecule has 0 atom stereocenters. The molecule has 0 aliphatic carbocycles. The lowest BCUT2D eigenvalue weighted by Crippen LogP contribution is -2.13. The lowest BCUT2D eigenvalue weighted by Gasteiger charge is -2.15. The summed E-state index contributed by atoms with van der Waals surface area (Å²) < 4.78 is 0. The summed E-state index contributed by atoms with van der Waals surface area (Å²) in [5.41, 5.74) is 1.23. The molecule has 0 radical (unpaired) electrons. The number of hydrogen-bond donors (Lipinski definition) is 1. The average Bonchev–Trinajstić information content (AvgIpc) is 2.51. The Balaban J connectivity index is 2.33. The van der Waals surface area contributed by atoms with Gasteiger partial charge in [0.2, 0.25) is 5.91 Å². The Labute approximate surface area is 101 Å². The Morgan fingerprint density at radius 3 is 2.62 bits per heavy atom. The summed E-state index contributed by atoms with van der Waals surface area (Å²) in [4.78, 5) is 14.3. The van der Waals surface area contributed by atoms with Crippen LogP contribution in [-0.4, -0.2) is 5.91 Å². The first-order valence-corrected chi connectivity index (χ1v) is 6.71. The van der Waals surface area contributed by atoms with Gasteiger partial charge in [-0.2, -0.15) is 0 Å². The normalized spacial score (nSPS) is 17.3. The van der Waals surface area contributed by atoms with E-state index in [1.807, 2.05) is 11.3 Å². The van der Waals surface area contributed by atoms with Gasteiger partial charge >= 0.3 is 0 Å². The van der Waals surface area contributed by atoms with Crippen LogP contribution in [0.3, 0.4) is 0 Å². The van der Waals surface area contributed by atoms with Gasteiger partial charge in [0.05, 0.1) is 5.69 Å². The molecule has 2 rings (SSSR count). The fraction of sp³-hybridized carbons (Fsp3) is 0.615. The van der Waals surface area contributed by atoms with Crippen molar-refractivity contribution in [1.82, 2.24) is 0 Å². The Hall–Kier alpha value is -0.830. The Morgan fingerprint density at radius 1 is 1.25 bits per heavy atom. The molecular weight excluding hydrogens is 218 g/mol. The zero-order chi connectivity index (χ0) is 11.8. The van der Waals surface area contributed by atoms with Crippen LogP contribution in [0.4, 0.5) is 5.69 Å². The first kappa shape index (κ1) is 11.6. The zero-order valence-electron chi connectivity index (χ0n) is 10.2. The van der Waals surface area contributed by atoms with E-state index in [0.717, 1.165) is 24.9 Å². The third-order valence-electron chi connectivity index (χ3n) is 2.88. The van der Waals surface area contributed by atoms with E-state index in [9.17, 15) is 4.79 Å². The second kappa shape index (κ2) is 4.21. The fourth-order valence-corrected chi connectivity index (χ4v) is 3.09. The molecule has 1 amide bonds. The van der Waals surface area contributed by atoms with Crippen molar-refractivity contribution in [3.63, 3.8) is 0 Å². The summed E-state index contributed by atoms with van der Waals surface area (Å²) >= 11 is 1.85. The highest BCUT2D eigenvalue weighted by molar-refractivity contribution is 7.12. The molecular formula is C13H19NOS. The molecule has 1 aromatic heterocycles. The van der Waals surface area contributed by atoms with Gasteiger partial charge in [-0.25, -0.2) is 0 Å². The molecule has 1 N–H and O–H groups in total. The third kappa shape index (κ3) is 2.46. The third-order valence-corrected chi connectivity index (χ3v) is 4.50. The van der Waals surface area contributed by atoms with Crippen LogP contribution in [0.15, 0.2) is 6.07 Å². The first-order valence-electron chi connectivity index (χ1n) is 5.90. The van der Waals surface area contributed by atoms with Gasteiger partial charge in [0.25, 0.3) is 0 Å². The molecule has 2 heterocycles. The summed E-state index contributed by atoms with van der Waals surface area (Å²) in [6.45, 7) is 6.65. The summed E-state index contributed by atoms with van der Waals surface area (Å²) in [5, 5.41) is 3.03. The second-order valence-corrected chi connectivity index (χ2v) is 6.59. The Morgan fingerprint density at radius 2 is 1.94 bits per heavy atom. The van der Waals surface area contributed by atoms with Gasteiger partial charge < -0.3 is 5.32 Å². The van der Waals surface area contributed by atoms with Crippen LogP contribution in [0.5, 0.6) is 0 Å². The molecule has 0 bridgehead atoms. The molecule has 0 saturated heterocycles. The van der Waals surface area contributed by atoms with Crippen LogP contribution < -0.4 is 5.32 Å². The van der Waals surface area contributed by atoms with Gasteiger partial charge in [0.15, 0.2) is 0 Å². The van der Waals surface area contributed by atoms with Gasteiger partial charge in [-0.1, -0.05) is 20.8 Å². The van der Waals surface area contributed by atoms with Crippen molar-refractivity contribution in [2.24, 2.45) is 0 Å². The predicted molar refractivity (Wildman–Crippen MR) is 69.2 cm³/mol. The minimum absolute atomic E-state index is 0.166. The van der Waals surface area contributed by atoms with Gasteiger partial charge in [0.1, 0.15) is 0 Å². The topological polar surface area (TPSA) is 29.1 Å². The van der Waals surface area contributed by atoms with Crippen molar-refractivity contribution in [2.75, 3.05) is 5.32 Å². The number of fused-ring (bicyclic) bond motifs is 1. The SMILES string of the molecule is CC(C)(C)c1cc2c(s1)CCCCC(=O)N2. The molecule has 2 nitrogen and oxygen atoms in total. The van der Waals surface area contributed by atoms with E-state index in [1.165, 1.54) is 9.75 Å². The van der Waals surface area contributed by atoms with Crippen LogP contribution in [0.2, 0.25) is 0 Å². The minimum atomic E-state index is 0.166. The van der Waals surface area contributed by atoms with Gasteiger partial charge in [0, 0.05) is 16.2 Å². The van der Waals surface area contributed by atoms with Gasteiger partial charge in [-0.3, -0.25) is 4.79 Å². The van der Waals surface area contributed by atoms with E-state index in [-0.39, 0.29) is 11.3 Å². The highest BCUT2D eigenvalue weighted by Crippen LogP contribution is 2.37. The summed E-state index contributed by atoms with van der Waals surface area (Å²) in [6.07, 6.45) is 3.91. The van der Waals surface area contributed by atoms with E-state index in [4.69, 9.17) is 0 Å². The lowest BCUT2D eigenvalue weighted by atomic mass is 9.94. The number of nitrogens with one attached hydrogen (secondary N) is 1. The highest BCUT2D eigenvalue weighted by Gasteiger charge is 2.21. The number of aryl methyl sites for hydroxylation is 1. The highest BCUT2D eigenvalue weighted by atomic mass is 32.1. The van der Waals surface area contributed by atoms with Crippen molar-refractivity contribution in [2.45, 2.75) is 51.9 Å². The van der Waals surface area contributed by atoms with Crippen LogP contribution >= 0.6 is 11.3 Å². The van der Waals surface area contributed by atoms with Crippen molar-refractivity contribution in [3.05, 3.63) is 15.8 Å². The molecule has 1 aliphatic heterocycles. The lowest BCUT2D eigenvalue weighted by molar-refractivity contribution is -0.116. The maximum atomic E-state index is 11.6. The Bertz CT molecular complexity index is 401. The second-order valence-electron chi connectivity index (χ2n) is 5.45. The largest absolute Gasteiger partial charge is 0.325 e. The van der Waals surface area contributed by atoms with E-state index < -0.39 is 0 Å². The van der Waals surface area contributed by atoms with Crippen LogP contribution in [0, 0.1) is 0 Å². The number of anilines is 1. The molecule has 0 fully saturated rings. The molecule has 0 unspecified atom stereocenters. The molecule has 3 heteroatoms. The standard InChI is InChI=1S/C13H19NOS/c1-13(2,3)11-8-9-10(16-11)6-4-5-7-12(15)14-9/h8H,4-7H2,1-3H3,(H,14,15). The number of hydrogen-bond acceptors (Lipinski definition) is 2. The molecule has 0 spiro atoms. The van der Waals surface area contributed by atoms with E-state index >= 15 is 0 Å². The van der Waals surface area contributed by atoms with Crippen LogP contribution in [-0.2, 0) is 16.6 Å². The maximum absolute atomic E-state index is 11.6. The quantitative estimate of drug-likeness (QED) is 0.732. The minimum Gasteiger partial charge on any atom is -0.325 e. The van der Waals surface area contributed by atoms with Crippen LogP contribution in [0.1, 0.15) is 49.8 Å². The smallest absolute Gasteiger partial charge is 0.224 e. The van der Waals surface area contributed by atoms with Gasteiger partial charge in [-0.05, 0) is 30.7 Å². The molecule has 0 saturated carbocycles. The average molecular weight is 237 g/mol. The monoisotopic (exact) mass is 237 g/mol. The number of carbonyl (C=O) groups excluding carboxylic acids is 1. The molecule has 0 aromatic carbocycles. The number of rotatable bonds is 0. The van der Waals surface area contributed by atoms with E-state index in [0.29, 0.717) is 6.42 Å². The van der Waals surface area contributed by atoms with Crippen LogP contribution in [0.25, 0.3) is 0 Å². The maximum Gasteiger partial charge on any atom is 0.224 e. The molecule has 1 aromatic rings. The molecule has 1 aliphatic rings. The molecule has 88 valence electrons. The van der Waals surface area contributed by atoms with Crippen molar-refractivity contribution in [3.8, 4) is 0 Å². The number of thiophene rings is 1. The fourth-order valence-electron chi connectivity index (χ4n) is 1.87. The summed E-state index contributed by atoms with van der Waals surface area (Å²) in [5.74, 6) is 0.166. The van der Waals surface area contributed by atoms with Crippen molar-refractivity contribution in [1.29, 1.82) is 0 Å². The first-order chi connectivity index (χ1) is 7.47. The summed E-state index contributed by atoms with van der Waals surface area (Å²) in [6, 6.07) is 2.16. The van der Waals surface area contributed by atoms with Crippen molar-refractivity contribution < 1.29 is 4.79 Å². The Kier molecular flexibility index (Phi) is 3.06. The zero-order valence-corrected chi connectivity index (χ0v) is 11.0. The predicted octanol–water partition coefficient (Wildman–Crippen LogP) is 3.71. The van der Waals surface area contributed by atoms with Crippen molar-refractivity contribution >= 4 is 22.9 Å². The number of carbonyl (C=O) groups is 1. The summed E-state index contributed by atoms with van der Waals surface area (Å²) in [7, 11) is 0. The number of amides is 1. The van der Waals surface area contributed by atoms with Gasteiger partial charge in [-0.15, -0.1) is 11.3 Å². The van der Waals surface area contributed by atoms with E-state index in [1.54, 1.807) is 0 Å². The van der Waals surface area contributed by atoms with E-state index in [2.05, 4.69) is 32.2 Å². The molecule has 16 heavy (non-hydrogen) atoms.